The number of hydrogen-bond acceptors (Lipinski definition) is 3. The van der Waals surface area contributed by atoms with Gasteiger partial charge in [-0.2, -0.15) is 5.26 Å². The third-order valence-electron chi connectivity index (χ3n) is 3.74. The van der Waals surface area contributed by atoms with Crippen LogP contribution in [0, 0.1) is 11.3 Å². The van der Waals surface area contributed by atoms with Crippen molar-refractivity contribution >= 4 is 37.8 Å². The topological polar surface area (TPSA) is 47.3 Å². The van der Waals surface area contributed by atoms with Crippen molar-refractivity contribution in [2.75, 3.05) is 26.2 Å². The van der Waals surface area contributed by atoms with E-state index in [4.69, 9.17) is 5.26 Å². The van der Waals surface area contributed by atoms with Gasteiger partial charge in [0.25, 0.3) is 5.91 Å². The number of hydrogen-bond donors (Lipinski definition) is 0. The van der Waals surface area contributed by atoms with Gasteiger partial charge in [0.1, 0.15) is 0 Å². The van der Waals surface area contributed by atoms with E-state index in [1.165, 1.54) is 0 Å². The van der Waals surface area contributed by atoms with Crippen LogP contribution in [0.4, 0.5) is 0 Å². The summed E-state index contributed by atoms with van der Waals surface area (Å²) in [5.41, 5.74) is 0.671. The number of carbonyl (C=O) groups excluding carboxylic acids is 1. The molecular formula is C15H17Br2N3O. The van der Waals surface area contributed by atoms with Crippen LogP contribution in [-0.4, -0.2) is 47.9 Å². The van der Waals surface area contributed by atoms with Crippen molar-refractivity contribution in [3.8, 4) is 6.07 Å². The molecule has 1 atom stereocenters. The second-order valence-corrected chi connectivity index (χ2v) is 6.78. The number of amides is 1. The molecule has 0 saturated carbocycles. The van der Waals surface area contributed by atoms with Crippen LogP contribution in [0.25, 0.3) is 0 Å². The first-order valence-corrected chi connectivity index (χ1v) is 8.53. The van der Waals surface area contributed by atoms with Crippen LogP contribution in [0.2, 0.25) is 0 Å². The predicted octanol–water partition coefficient (Wildman–Crippen LogP) is 3.27. The van der Waals surface area contributed by atoms with Gasteiger partial charge in [0.15, 0.2) is 0 Å². The molecule has 0 aromatic heterocycles. The van der Waals surface area contributed by atoms with Crippen molar-refractivity contribution in [2.45, 2.75) is 19.4 Å². The Morgan fingerprint density at radius 1 is 1.33 bits per heavy atom. The van der Waals surface area contributed by atoms with Gasteiger partial charge in [-0.1, -0.05) is 22.9 Å². The van der Waals surface area contributed by atoms with E-state index in [-0.39, 0.29) is 11.9 Å². The van der Waals surface area contributed by atoms with Crippen molar-refractivity contribution in [2.24, 2.45) is 0 Å². The Kier molecular flexibility index (Phi) is 5.80. The van der Waals surface area contributed by atoms with E-state index < -0.39 is 0 Å². The van der Waals surface area contributed by atoms with Gasteiger partial charge < -0.3 is 4.90 Å². The lowest BCUT2D eigenvalue weighted by molar-refractivity contribution is 0.0603. The fraction of sp³-hybridized carbons (Fsp3) is 0.467. The number of carbonyl (C=O) groups is 1. The number of halogens is 2. The molecule has 1 heterocycles. The number of nitrogens with zero attached hydrogens (tertiary/aromatic N) is 3. The molecule has 6 heteroatoms. The second kappa shape index (κ2) is 7.39. The van der Waals surface area contributed by atoms with E-state index >= 15 is 0 Å². The molecule has 1 aromatic rings. The standard InChI is InChI=1S/C15H17Br2N3O/c1-2-12(10-18)19-5-7-20(8-6-19)15(21)13-9-11(16)3-4-14(13)17/h3-4,9,12H,2,5-8H2,1H3. The van der Waals surface area contributed by atoms with Crippen LogP contribution in [0.3, 0.4) is 0 Å². The summed E-state index contributed by atoms with van der Waals surface area (Å²) >= 11 is 6.83. The van der Waals surface area contributed by atoms with E-state index in [0.717, 1.165) is 28.5 Å². The van der Waals surface area contributed by atoms with Gasteiger partial charge >= 0.3 is 0 Å². The Balaban J connectivity index is 2.04. The van der Waals surface area contributed by atoms with Gasteiger partial charge in [-0.05, 0) is 40.5 Å². The van der Waals surface area contributed by atoms with E-state index in [1.54, 1.807) is 0 Å². The zero-order chi connectivity index (χ0) is 15.4. The lowest BCUT2D eigenvalue weighted by Gasteiger charge is -2.36. The van der Waals surface area contributed by atoms with Gasteiger partial charge in [-0.25, -0.2) is 0 Å². The maximum absolute atomic E-state index is 12.6. The Bertz CT molecular complexity index is 563. The SMILES string of the molecule is CCC(C#N)N1CCN(C(=O)c2cc(Br)ccc2Br)CC1. The van der Waals surface area contributed by atoms with Gasteiger partial charge in [0.05, 0.1) is 17.7 Å². The fourth-order valence-corrected chi connectivity index (χ4v) is 3.28. The molecule has 1 aliphatic rings. The molecule has 1 unspecified atom stereocenters. The highest BCUT2D eigenvalue weighted by Crippen LogP contribution is 2.23. The maximum atomic E-state index is 12.6. The largest absolute Gasteiger partial charge is 0.336 e. The second-order valence-electron chi connectivity index (χ2n) is 5.01. The summed E-state index contributed by atoms with van der Waals surface area (Å²) in [5.74, 6) is 0.0350. The first kappa shape index (κ1) is 16.5. The average Bonchev–Trinajstić information content (AvgIpc) is 2.51. The predicted molar refractivity (Wildman–Crippen MR) is 89.0 cm³/mol. The number of nitriles is 1. The van der Waals surface area contributed by atoms with Crippen LogP contribution in [0.1, 0.15) is 23.7 Å². The minimum absolute atomic E-state index is 0.0350. The Hall–Kier alpha value is -0.900. The molecule has 1 amide bonds. The van der Waals surface area contributed by atoms with Gasteiger partial charge in [-0.15, -0.1) is 0 Å². The van der Waals surface area contributed by atoms with Crippen LogP contribution in [0.5, 0.6) is 0 Å². The molecule has 1 fully saturated rings. The smallest absolute Gasteiger partial charge is 0.255 e. The Labute approximate surface area is 142 Å². The van der Waals surface area contributed by atoms with E-state index in [9.17, 15) is 4.79 Å². The van der Waals surface area contributed by atoms with Gasteiger partial charge in [-0.3, -0.25) is 9.69 Å². The maximum Gasteiger partial charge on any atom is 0.255 e. The fourth-order valence-electron chi connectivity index (χ4n) is 2.50. The molecule has 0 radical (unpaired) electrons. The average molecular weight is 415 g/mol. The number of rotatable bonds is 3. The summed E-state index contributed by atoms with van der Waals surface area (Å²) in [6, 6.07) is 7.89. The Morgan fingerprint density at radius 3 is 2.57 bits per heavy atom. The van der Waals surface area contributed by atoms with E-state index in [1.807, 2.05) is 30.0 Å². The molecule has 1 saturated heterocycles. The molecule has 112 valence electrons. The number of piperazine rings is 1. The van der Waals surface area contributed by atoms with Crippen LogP contribution >= 0.6 is 31.9 Å². The lowest BCUT2D eigenvalue weighted by atomic mass is 10.1. The van der Waals surface area contributed by atoms with Crippen LogP contribution < -0.4 is 0 Å². The van der Waals surface area contributed by atoms with Crippen molar-refractivity contribution in [3.63, 3.8) is 0 Å². The summed E-state index contributed by atoms with van der Waals surface area (Å²) in [6.07, 6.45) is 0.821. The quantitative estimate of drug-likeness (QED) is 0.762. The third kappa shape index (κ3) is 3.85. The van der Waals surface area contributed by atoms with Crippen LogP contribution in [0.15, 0.2) is 27.1 Å². The molecule has 0 aliphatic carbocycles. The molecule has 0 N–H and O–H groups in total. The van der Waals surface area contributed by atoms with E-state index in [2.05, 4.69) is 42.8 Å². The highest BCUT2D eigenvalue weighted by molar-refractivity contribution is 9.11. The highest BCUT2D eigenvalue weighted by atomic mass is 79.9. The number of benzene rings is 1. The van der Waals surface area contributed by atoms with Crippen molar-refractivity contribution in [1.82, 2.24) is 9.80 Å². The van der Waals surface area contributed by atoms with Gasteiger partial charge in [0.2, 0.25) is 0 Å². The molecule has 0 bridgehead atoms. The summed E-state index contributed by atoms with van der Waals surface area (Å²) in [7, 11) is 0. The van der Waals surface area contributed by atoms with Gasteiger partial charge in [0, 0.05) is 35.1 Å². The van der Waals surface area contributed by atoms with Crippen molar-refractivity contribution in [3.05, 3.63) is 32.7 Å². The molecule has 1 aliphatic heterocycles. The molecule has 4 nitrogen and oxygen atoms in total. The summed E-state index contributed by atoms with van der Waals surface area (Å²) < 4.78 is 1.70. The first-order chi connectivity index (χ1) is 10.1. The molecule has 0 spiro atoms. The highest BCUT2D eigenvalue weighted by Gasteiger charge is 2.26. The van der Waals surface area contributed by atoms with E-state index in [0.29, 0.717) is 18.7 Å². The summed E-state index contributed by atoms with van der Waals surface area (Å²) in [5, 5.41) is 9.11. The molecule has 2 rings (SSSR count). The van der Waals surface area contributed by atoms with Crippen molar-refractivity contribution in [1.29, 1.82) is 5.26 Å². The Morgan fingerprint density at radius 2 is 2.00 bits per heavy atom. The monoisotopic (exact) mass is 413 g/mol. The minimum Gasteiger partial charge on any atom is -0.336 e. The van der Waals surface area contributed by atoms with Crippen molar-refractivity contribution < 1.29 is 4.79 Å². The minimum atomic E-state index is -0.0418. The summed E-state index contributed by atoms with van der Waals surface area (Å²) in [6.45, 7) is 4.85. The van der Waals surface area contributed by atoms with Crippen LogP contribution in [-0.2, 0) is 0 Å². The molecule has 1 aromatic carbocycles. The lowest BCUT2D eigenvalue weighted by Crippen LogP contribution is -2.51. The normalized spacial score (nSPS) is 17.3. The first-order valence-electron chi connectivity index (χ1n) is 6.94. The zero-order valence-electron chi connectivity index (χ0n) is 11.9. The summed E-state index contributed by atoms with van der Waals surface area (Å²) in [4.78, 5) is 16.6. The molecular weight excluding hydrogens is 398 g/mol. The third-order valence-corrected chi connectivity index (χ3v) is 4.92. The zero-order valence-corrected chi connectivity index (χ0v) is 15.0. The molecule has 21 heavy (non-hydrogen) atoms.